The molecule has 1 spiro atoms. The van der Waals surface area contributed by atoms with E-state index >= 15 is 0 Å². The summed E-state index contributed by atoms with van der Waals surface area (Å²) >= 11 is 0. The van der Waals surface area contributed by atoms with Gasteiger partial charge in [-0.05, 0) is 24.5 Å². The monoisotopic (exact) mass is 382 g/mol. The number of hydrogen-bond donors (Lipinski definition) is 1. The molecule has 0 aliphatic carbocycles. The predicted octanol–water partition coefficient (Wildman–Crippen LogP) is 2.98. The summed E-state index contributed by atoms with van der Waals surface area (Å²) < 4.78 is 11.6. The van der Waals surface area contributed by atoms with Gasteiger partial charge in [-0.1, -0.05) is 30.3 Å². The number of carbonyl (C=O) groups is 1. The second-order valence-corrected chi connectivity index (χ2v) is 7.68. The third-order valence-corrected chi connectivity index (χ3v) is 5.81. The molecule has 1 aromatic carbocycles. The second kappa shape index (κ2) is 7.89. The number of methoxy groups -OCH3 is 1. The summed E-state index contributed by atoms with van der Waals surface area (Å²) in [5.74, 6) is 0.465. The van der Waals surface area contributed by atoms with Gasteiger partial charge in [-0.25, -0.2) is 4.98 Å². The van der Waals surface area contributed by atoms with Gasteiger partial charge in [0.25, 0.3) is 5.91 Å². The summed E-state index contributed by atoms with van der Waals surface area (Å²) in [4.78, 5) is 18.7. The minimum atomic E-state index is -0.382. The van der Waals surface area contributed by atoms with Crippen molar-refractivity contribution in [2.45, 2.75) is 43.5 Å². The maximum Gasteiger partial charge on any atom is 0.255 e. The number of carbonyl (C=O) groups excluding carboxylic acids is 1. The Hall–Kier alpha value is -2.44. The highest BCUT2D eigenvalue weighted by molar-refractivity contribution is 5.94. The average Bonchev–Trinajstić information content (AvgIpc) is 2.74. The third-order valence-electron chi connectivity index (χ3n) is 5.81. The van der Waals surface area contributed by atoms with Crippen LogP contribution in [0.2, 0.25) is 0 Å². The van der Waals surface area contributed by atoms with Crippen LogP contribution < -0.4 is 4.74 Å². The van der Waals surface area contributed by atoms with Crippen LogP contribution in [-0.2, 0) is 4.74 Å². The fourth-order valence-electron chi connectivity index (χ4n) is 4.28. The van der Waals surface area contributed by atoms with Crippen molar-refractivity contribution in [3.05, 3.63) is 59.8 Å². The SMILES string of the molecule is COc1ccc(C(=O)N2CCC3(CC2)C[C@H](O)C[C@H](c2ccccc2)O3)cn1. The van der Waals surface area contributed by atoms with Crippen molar-refractivity contribution in [1.82, 2.24) is 9.88 Å². The number of likely N-dealkylation sites (tertiary alicyclic amines) is 1. The molecule has 4 rings (SSSR count). The van der Waals surface area contributed by atoms with Gasteiger partial charge in [-0.2, -0.15) is 0 Å². The number of aliphatic hydroxyl groups excluding tert-OH is 1. The molecule has 6 nitrogen and oxygen atoms in total. The molecule has 3 heterocycles. The van der Waals surface area contributed by atoms with Crippen LogP contribution in [0.15, 0.2) is 48.7 Å². The normalized spacial score (nSPS) is 24.1. The first kappa shape index (κ1) is 18.9. The Morgan fingerprint density at radius 2 is 1.96 bits per heavy atom. The van der Waals surface area contributed by atoms with Crippen molar-refractivity contribution in [2.75, 3.05) is 20.2 Å². The molecule has 0 unspecified atom stereocenters. The lowest BCUT2D eigenvalue weighted by Crippen LogP contribution is -2.52. The Bertz CT molecular complexity index is 801. The zero-order valence-electron chi connectivity index (χ0n) is 16.1. The summed E-state index contributed by atoms with van der Waals surface area (Å²) in [6.45, 7) is 1.22. The maximum atomic E-state index is 12.8. The number of aliphatic hydroxyl groups is 1. The number of ether oxygens (including phenoxy) is 2. The number of hydrogen-bond acceptors (Lipinski definition) is 5. The molecule has 2 aliphatic rings. The van der Waals surface area contributed by atoms with Crippen LogP contribution >= 0.6 is 0 Å². The molecule has 1 amide bonds. The van der Waals surface area contributed by atoms with E-state index in [1.165, 1.54) is 0 Å². The molecule has 28 heavy (non-hydrogen) atoms. The molecule has 2 fully saturated rings. The van der Waals surface area contributed by atoms with Crippen LogP contribution in [0.4, 0.5) is 0 Å². The van der Waals surface area contributed by atoms with E-state index in [9.17, 15) is 9.90 Å². The van der Waals surface area contributed by atoms with Crippen molar-refractivity contribution < 1.29 is 19.4 Å². The molecule has 148 valence electrons. The van der Waals surface area contributed by atoms with Crippen molar-refractivity contribution in [3.8, 4) is 5.88 Å². The minimum absolute atomic E-state index is 0.0269. The van der Waals surface area contributed by atoms with Crippen LogP contribution in [0.1, 0.15) is 47.7 Å². The maximum absolute atomic E-state index is 12.8. The fraction of sp³-hybridized carbons (Fsp3) is 0.455. The molecule has 2 aromatic rings. The first-order valence-electron chi connectivity index (χ1n) is 9.79. The molecular formula is C22H26N2O4. The number of rotatable bonds is 3. The molecule has 1 aromatic heterocycles. The highest BCUT2D eigenvalue weighted by Gasteiger charge is 2.44. The molecule has 6 heteroatoms. The largest absolute Gasteiger partial charge is 0.481 e. The van der Waals surface area contributed by atoms with Gasteiger partial charge in [0.15, 0.2) is 0 Å². The Labute approximate surface area is 165 Å². The van der Waals surface area contributed by atoms with E-state index in [4.69, 9.17) is 9.47 Å². The number of aromatic nitrogens is 1. The molecule has 2 aliphatic heterocycles. The first-order valence-corrected chi connectivity index (χ1v) is 9.79. The number of nitrogens with zero attached hydrogens (tertiary/aromatic N) is 2. The van der Waals surface area contributed by atoms with Gasteiger partial charge in [0.2, 0.25) is 5.88 Å². The molecule has 0 radical (unpaired) electrons. The van der Waals surface area contributed by atoms with Crippen LogP contribution in [0.3, 0.4) is 0 Å². The van der Waals surface area contributed by atoms with Gasteiger partial charge in [-0.3, -0.25) is 4.79 Å². The smallest absolute Gasteiger partial charge is 0.255 e. The standard InChI is InChI=1S/C22H26N2O4/c1-27-20-8-7-17(15-23-20)21(26)24-11-9-22(10-12-24)14-18(25)13-19(28-22)16-5-3-2-4-6-16/h2-8,15,18-19,25H,9-14H2,1H3/t18-,19-/m1/s1. The van der Waals surface area contributed by atoms with E-state index in [0.717, 1.165) is 18.4 Å². The summed E-state index contributed by atoms with van der Waals surface area (Å²) in [7, 11) is 1.55. The van der Waals surface area contributed by atoms with E-state index in [2.05, 4.69) is 4.98 Å². The second-order valence-electron chi connectivity index (χ2n) is 7.68. The minimum Gasteiger partial charge on any atom is -0.481 e. The average molecular weight is 382 g/mol. The van der Waals surface area contributed by atoms with Gasteiger partial charge in [0, 0.05) is 38.2 Å². The van der Waals surface area contributed by atoms with Crippen molar-refractivity contribution in [1.29, 1.82) is 0 Å². The van der Waals surface area contributed by atoms with Crippen molar-refractivity contribution in [3.63, 3.8) is 0 Å². The van der Waals surface area contributed by atoms with Gasteiger partial charge in [0.05, 0.1) is 30.5 Å². The van der Waals surface area contributed by atoms with Crippen molar-refractivity contribution >= 4 is 5.91 Å². The van der Waals surface area contributed by atoms with Crippen LogP contribution in [0.5, 0.6) is 5.88 Å². The topological polar surface area (TPSA) is 71.9 Å². The number of pyridine rings is 1. The lowest BCUT2D eigenvalue weighted by atomic mass is 9.81. The molecule has 1 N–H and O–H groups in total. The summed E-state index contributed by atoms with van der Waals surface area (Å²) in [5.41, 5.74) is 1.29. The quantitative estimate of drug-likeness (QED) is 0.884. The zero-order chi connectivity index (χ0) is 19.6. The highest BCUT2D eigenvalue weighted by Crippen LogP contribution is 2.43. The Morgan fingerprint density at radius 1 is 1.21 bits per heavy atom. The Morgan fingerprint density at radius 3 is 2.61 bits per heavy atom. The summed E-state index contributed by atoms with van der Waals surface area (Å²) in [6, 6.07) is 13.5. The van der Waals surface area contributed by atoms with E-state index in [1.807, 2.05) is 35.2 Å². The molecule has 2 atom stereocenters. The zero-order valence-corrected chi connectivity index (χ0v) is 16.1. The Balaban J connectivity index is 1.42. The van der Waals surface area contributed by atoms with Crippen LogP contribution in [-0.4, -0.2) is 52.8 Å². The molecule has 0 bridgehead atoms. The van der Waals surface area contributed by atoms with Gasteiger partial charge < -0.3 is 19.5 Å². The predicted molar refractivity (Wildman–Crippen MR) is 104 cm³/mol. The van der Waals surface area contributed by atoms with Gasteiger partial charge in [-0.15, -0.1) is 0 Å². The third kappa shape index (κ3) is 3.88. The number of amides is 1. The Kier molecular flexibility index (Phi) is 5.33. The van der Waals surface area contributed by atoms with Crippen molar-refractivity contribution in [2.24, 2.45) is 0 Å². The number of piperidine rings is 1. The lowest BCUT2D eigenvalue weighted by molar-refractivity contribution is -0.181. The fourth-order valence-corrected chi connectivity index (χ4v) is 4.28. The van der Waals surface area contributed by atoms with E-state index < -0.39 is 0 Å². The van der Waals surface area contributed by atoms with E-state index in [1.54, 1.807) is 25.4 Å². The van der Waals surface area contributed by atoms with Gasteiger partial charge in [0.1, 0.15) is 0 Å². The molecule has 0 saturated carbocycles. The molecule has 2 saturated heterocycles. The summed E-state index contributed by atoms with van der Waals surface area (Å²) in [5, 5.41) is 10.5. The lowest BCUT2D eigenvalue weighted by Gasteiger charge is -2.48. The molecular weight excluding hydrogens is 356 g/mol. The van der Waals surface area contributed by atoms with E-state index in [-0.39, 0.29) is 23.7 Å². The summed E-state index contributed by atoms with van der Waals surface area (Å²) in [6.07, 6.45) is 3.77. The number of benzene rings is 1. The van der Waals surface area contributed by atoms with Crippen LogP contribution in [0.25, 0.3) is 0 Å². The highest BCUT2D eigenvalue weighted by atomic mass is 16.5. The van der Waals surface area contributed by atoms with Gasteiger partial charge >= 0.3 is 0 Å². The first-order chi connectivity index (χ1) is 13.6. The van der Waals surface area contributed by atoms with Crippen LogP contribution in [0, 0.1) is 0 Å². The van der Waals surface area contributed by atoms with E-state index in [0.29, 0.717) is 37.4 Å².